The van der Waals surface area contributed by atoms with Gasteiger partial charge in [0, 0.05) is 17.1 Å². The third-order valence-electron chi connectivity index (χ3n) is 4.14. The molecule has 2 aromatic rings. The molecule has 4 nitrogen and oxygen atoms in total. The van der Waals surface area contributed by atoms with Crippen LogP contribution < -0.4 is 0 Å². The number of halogens is 1. The molecular formula is C15H19BrN4. The molecule has 1 aromatic carbocycles. The van der Waals surface area contributed by atoms with E-state index >= 15 is 0 Å². The van der Waals surface area contributed by atoms with Crippen LogP contribution in [0.3, 0.4) is 0 Å². The van der Waals surface area contributed by atoms with Crippen molar-refractivity contribution in [3.8, 4) is 0 Å². The summed E-state index contributed by atoms with van der Waals surface area (Å²) >= 11 is 3.49. The summed E-state index contributed by atoms with van der Waals surface area (Å²) in [5.41, 5.74) is 1.37. The number of aromatic nitrogens is 3. The van der Waals surface area contributed by atoms with Gasteiger partial charge in [0.05, 0.1) is 6.04 Å². The first-order chi connectivity index (χ1) is 9.74. The van der Waals surface area contributed by atoms with Gasteiger partial charge in [-0.3, -0.25) is 4.90 Å². The lowest BCUT2D eigenvalue weighted by molar-refractivity contribution is 0.129. The number of nitrogens with zero attached hydrogens (tertiary/aromatic N) is 4. The summed E-state index contributed by atoms with van der Waals surface area (Å²) in [5, 5.41) is 4.29. The van der Waals surface area contributed by atoms with Crippen LogP contribution >= 0.6 is 15.9 Å². The van der Waals surface area contributed by atoms with Gasteiger partial charge >= 0.3 is 0 Å². The monoisotopic (exact) mass is 334 g/mol. The molecule has 1 aliphatic heterocycles. The standard InChI is InChI=1S/C15H19BrN4/c1-12(13-4-6-14(16)7-5-13)19-8-2-3-15(9-19)20-11-17-10-18-20/h4-7,10-12,15H,2-3,8-9H2,1H3/t12-,15-/m0/s1. The van der Waals surface area contributed by atoms with E-state index in [0.29, 0.717) is 12.1 Å². The summed E-state index contributed by atoms with van der Waals surface area (Å²) < 4.78 is 3.13. The van der Waals surface area contributed by atoms with Gasteiger partial charge in [-0.2, -0.15) is 5.10 Å². The van der Waals surface area contributed by atoms with E-state index in [2.05, 4.69) is 62.1 Å². The lowest BCUT2D eigenvalue weighted by atomic mass is 10.0. The molecule has 2 atom stereocenters. The zero-order chi connectivity index (χ0) is 13.9. The fraction of sp³-hybridized carbons (Fsp3) is 0.467. The smallest absolute Gasteiger partial charge is 0.137 e. The van der Waals surface area contributed by atoms with Crippen LogP contribution in [0, 0.1) is 0 Å². The van der Waals surface area contributed by atoms with Crippen molar-refractivity contribution in [1.82, 2.24) is 19.7 Å². The largest absolute Gasteiger partial charge is 0.294 e. The third-order valence-corrected chi connectivity index (χ3v) is 4.67. The van der Waals surface area contributed by atoms with Crippen LogP contribution in [0.5, 0.6) is 0 Å². The van der Waals surface area contributed by atoms with Crippen LogP contribution in [0.2, 0.25) is 0 Å². The van der Waals surface area contributed by atoms with E-state index in [0.717, 1.165) is 17.6 Å². The lowest BCUT2D eigenvalue weighted by Crippen LogP contribution is -2.38. The van der Waals surface area contributed by atoms with E-state index < -0.39 is 0 Å². The highest BCUT2D eigenvalue weighted by molar-refractivity contribution is 9.10. The normalized spacial score (nSPS) is 21.8. The van der Waals surface area contributed by atoms with E-state index in [4.69, 9.17) is 0 Å². The quantitative estimate of drug-likeness (QED) is 0.862. The molecule has 1 saturated heterocycles. The fourth-order valence-electron chi connectivity index (χ4n) is 2.91. The second-order valence-corrected chi connectivity index (χ2v) is 6.31. The van der Waals surface area contributed by atoms with Crippen molar-refractivity contribution in [2.24, 2.45) is 0 Å². The number of rotatable bonds is 3. The Hall–Kier alpha value is -1.20. The summed E-state index contributed by atoms with van der Waals surface area (Å²) in [7, 11) is 0. The maximum Gasteiger partial charge on any atom is 0.137 e. The molecule has 0 radical (unpaired) electrons. The van der Waals surface area contributed by atoms with Crippen molar-refractivity contribution in [3.63, 3.8) is 0 Å². The molecular weight excluding hydrogens is 316 g/mol. The van der Waals surface area contributed by atoms with Crippen molar-refractivity contribution < 1.29 is 0 Å². The topological polar surface area (TPSA) is 34.0 Å². The van der Waals surface area contributed by atoms with Crippen molar-refractivity contribution in [2.45, 2.75) is 31.8 Å². The predicted molar refractivity (Wildman–Crippen MR) is 82.4 cm³/mol. The van der Waals surface area contributed by atoms with Crippen LogP contribution in [0.4, 0.5) is 0 Å². The summed E-state index contributed by atoms with van der Waals surface area (Å²) in [6.07, 6.45) is 5.86. The molecule has 0 bridgehead atoms. The van der Waals surface area contributed by atoms with Gasteiger partial charge in [0.25, 0.3) is 0 Å². The fourth-order valence-corrected chi connectivity index (χ4v) is 3.17. The van der Waals surface area contributed by atoms with Crippen molar-refractivity contribution in [2.75, 3.05) is 13.1 Å². The second-order valence-electron chi connectivity index (χ2n) is 5.39. The molecule has 1 fully saturated rings. The van der Waals surface area contributed by atoms with E-state index in [9.17, 15) is 0 Å². The van der Waals surface area contributed by atoms with Crippen LogP contribution in [0.25, 0.3) is 0 Å². The highest BCUT2D eigenvalue weighted by Gasteiger charge is 2.25. The number of benzene rings is 1. The molecule has 0 saturated carbocycles. The summed E-state index contributed by atoms with van der Waals surface area (Å²) in [5.74, 6) is 0. The van der Waals surface area contributed by atoms with Gasteiger partial charge in [0.2, 0.25) is 0 Å². The minimum absolute atomic E-state index is 0.439. The maximum absolute atomic E-state index is 4.29. The zero-order valence-electron chi connectivity index (χ0n) is 11.6. The van der Waals surface area contributed by atoms with Gasteiger partial charge in [-0.1, -0.05) is 28.1 Å². The SMILES string of the molecule is C[C@@H](c1ccc(Br)cc1)N1CCC[C@H](n2cncn2)C1. The number of hydrogen-bond acceptors (Lipinski definition) is 3. The molecule has 0 aliphatic carbocycles. The van der Waals surface area contributed by atoms with Crippen LogP contribution in [0.15, 0.2) is 41.4 Å². The third kappa shape index (κ3) is 2.94. The first kappa shape index (κ1) is 13.8. The van der Waals surface area contributed by atoms with Crippen LogP contribution in [-0.2, 0) is 0 Å². The Kier molecular flexibility index (Phi) is 4.17. The highest BCUT2D eigenvalue weighted by atomic mass is 79.9. The number of hydrogen-bond donors (Lipinski definition) is 0. The first-order valence-electron chi connectivity index (χ1n) is 7.07. The number of likely N-dealkylation sites (tertiary alicyclic amines) is 1. The Labute approximate surface area is 127 Å². The molecule has 0 N–H and O–H groups in total. The van der Waals surface area contributed by atoms with Crippen LogP contribution in [0.1, 0.15) is 37.4 Å². The molecule has 0 unspecified atom stereocenters. The lowest BCUT2D eigenvalue weighted by Gasteiger charge is -2.36. The number of piperidine rings is 1. The molecule has 1 aromatic heterocycles. The van der Waals surface area contributed by atoms with Gasteiger partial charge < -0.3 is 0 Å². The molecule has 1 aliphatic rings. The Bertz CT molecular complexity index is 538. The molecule has 0 amide bonds. The molecule has 106 valence electrons. The zero-order valence-corrected chi connectivity index (χ0v) is 13.2. The Morgan fingerprint density at radius 1 is 1.30 bits per heavy atom. The maximum atomic E-state index is 4.29. The van der Waals surface area contributed by atoms with E-state index in [1.54, 1.807) is 6.33 Å². The molecule has 3 rings (SSSR count). The van der Waals surface area contributed by atoms with E-state index in [1.807, 2.05) is 11.0 Å². The summed E-state index contributed by atoms with van der Waals surface area (Å²) in [6.45, 7) is 4.48. The molecule has 2 heterocycles. The van der Waals surface area contributed by atoms with Gasteiger partial charge in [-0.15, -0.1) is 0 Å². The van der Waals surface area contributed by atoms with Gasteiger partial charge in [0.1, 0.15) is 12.7 Å². The Morgan fingerprint density at radius 2 is 2.10 bits per heavy atom. The van der Waals surface area contributed by atoms with Gasteiger partial charge in [0.15, 0.2) is 0 Å². The Balaban J connectivity index is 1.71. The highest BCUT2D eigenvalue weighted by Crippen LogP contribution is 2.28. The van der Waals surface area contributed by atoms with Gasteiger partial charge in [-0.05, 0) is 44.0 Å². The van der Waals surface area contributed by atoms with E-state index in [1.165, 1.54) is 18.4 Å². The van der Waals surface area contributed by atoms with Crippen molar-refractivity contribution in [1.29, 1.82) is 0 Å². The molecule has 0 spiro atoms. The Morgan fingerprint density at radius 3 is 2.80 bits per heavy atom. The molecule has 20 heavy (non-hydrogen) atoms. The van der Waals surface area contributed by atoms with Crippen molar-refractivity contribution in [3.05, 3.63) is 47.0 Å². The molecule has 5 heteroatoms. The average Bonchev–Trinajstić information content (AvgIpc) is 3.02. The van der Waals surface area contributed by atoms with Crippen molar-refractivity contribution >= 4 is 15.9 Å². The summed E-state index contributed by atoms with van der Waals surface area (Å²) in [4.78, 5) is 6.60. The minimum Gasteiger partial charge on any atom is -0.294 e. The van der Waals surface area contributed by atoms with Crippen LogP contribution in [-0.4, -0.2) is 32.8 Å². The van der Waals surface area contributed by atoms with Gasteiger partial charge in [-0.25, -0.2) is 9.67 Å². The first-order valence-corrected chi connectivity index (χ1v) is 7.87. The predicted octanol–water partition coefficient (Wildman–Crippen LogP) is 3.44. The van der Waals surface area contributed by atoms with E-state index in [-0.39, 0.29) is 0 Å². The minimum atomic E-state index is 0.439. The summed E-state index contributed by atoms with van der Waals surface area (Å²) in [6, 6.07) is 9.52. The second kappa shape index (κ2) is 6.06. The average molecular weight is 335 g/mol.